The summed E-state index contributed by atoms with van der Waals surface area (Å²) in [5, 5.41) is 67.2. The van der Waals surface area contributed by atoms with Crippen LogP contribution in [0.25, 0.3) is 0 Å². The number of benzene rings is 1. The number of rotatable bonds is 16. The fraction of sp³-hybridized carbons (Fsp3) is 0.820. The van der Waals surface area contributed by atoms with Crippen LogP contribution in [-0.4, -0.2) is 180 Å². The van der Waals surface area contributed by atoms with E-state index >= 15 is 0 Å². The highest BCUT2D eigenvalue weighted by molar-refractivity contribution is 7.99. The summed E-state index contributed by atoms with van der Waals surface area (Å²) in [6, 6.07) is 6.08. The van der Waals surface area contributed by atoms with Gasteiger partial charge in [-0.1, -0.05) is 26.0 Å². The van der Waals surface area contributed by atoms with Crippen LogP contribution in [0.15, 0.2) is 35.4 Å². The van der Waals surface area contributed by atoms with E-state index in [4.69, 9.17) is 28.4 Å². The molecule has 0 spiro atoms. The Morgan fingerprint density at radius 2 is 1.67 bits per heavy atom. The lowest BCUT2D eigenvalue weighted by Crippen LogP contribution is -2.59. The molecule has 1 aromatic carbocycles. The zero-order chi connectivity index (χ0) is 51.9. The number of aryl methyl sites for hydroxylation is 1. The molecule has 3 aliphatic heterocycles. The lowest BCUT2D eigenvalue weighted by Gasteiger charge is -2.48. The van der Waals surface area contributed by atoms with Gasteiger partial charge < -0.3 is 58.6 Å². The summed E-state index contributed by atoms with van der Waals surface area (Å²) >= 11 is 1.64. The number of aromatic nitrogens is 3. The maximum Gasteiger partial charge on any atom is 0.311 e. The van der Waals surface area contributed by atoms with Gasteiger partial charge in [-0.15, -0.1) is 16.9 Å². The molecule has 3 aliphatic rings. The second-order valence-corrected chi connectivity index (χ2v) is 22.4. The van der Waals surface area contributed by atoms with Gasteiger partial charge in [-0.25, -0.2) is 0 Å². The fourth-order valence-electron chi connectivity index (χ4n) is 10.7. The number of carbonyl (C=O) groups excluding carboxylic acids is 1. The average Bonchev–Trinajstić information content (AvgIpc) is 3.77. The number of likely N-dealkylation sites (N-methyl/N-ethyl adjacent to an activating group) is 2. The maximum atomic E-state index is 14.5. The maximum absolute atomic E-state index is 14.5. The van der Waals surface area contributed by atoms with Gasteiger partial charge in [-0.2, -0.15) is 0 Å². The Hall–Kier alpha value is -2.86. The molecule has 0 amide bonds. The van der Waals surface area contributed by atoms with Gasteiger partial charge >= 0.3 is 5.97 Å². The molecular formula is C50H84N6O13S. The van der Waals surface area contributed by atoms with E-state index in [2.05, 4.69) is 22.3 Å². The van der Waals surface area contributed by atoms with Crippen molar-refractivity contribution in [1.82, 2.24) is 24.8 Å². The quantitative estimate of drug-likeness (QED) is 0.0555. The third kappa shape index (κ3) is 14.7. The van der Waals surface area contributed by atoms with Gasteiger partial charge in [0.25, 0.3) is 5.69 Å². The van der Waals surface area contributed by atoms with E-state index in [-0.39, 0.29) is 43.0 Å². The highest BCUT2D eigenvalue weighted by Crippen LogP contribution is 2.40. The molecule has 0 unspecified atom stereocenters. The Morgan fingerprint density at radius 3 is 2.31 bits per heavy atom. The van der Waals surface area contributed by atoms with Crippen molar-refractivity contribution in [3.63, 3.8) is 0 Å². The number of aliphatic hydroxyl groups is 4. The molecule has 0 bridgehead atoms. The molecule has 398 valence electrons. The molecule has 19 nitrogen and oxygen atoms in total. The molecular weight excluding hydrogens is 925 g/mol. The van der Waals surface area contributed by atoms with Gasteiger partial charge in [-0.3, -0.25) is 19.6 Å². The molecule has 4 heterocycles. The van der Waals surface area contributed by atoms with Crippen LogP contribution in [0, 0.1) is 27.9 Å². The standard InChI is InChI=1S/C50H84N6O13S/c1-14-40-50(10,61)44(57)34(6)54(12)28-30(2)26-48(8,60)46(32(4)43(33(5)47(59)67-40)68-42-27-49(9,64-13)45(58)35(7)66-42)69-41-25-38(24-31(3)65-41)53(11)22-20-36-29-55(52-51-36)21-15-23-70-39-18-16-37(17-19-39)56(62)63/h16-19,29-35,38,40-46,57-58,60-61H,14-15,20-28H2,1-13H3/t30-,31-,32+,33-,34-,35+,38+,40-,41+,42+,43+,44-,45+,46-,48-,49-,50-/m1/s1. The third-order valence-electron chi connectivity index (χ3n) is 15.2. The van der Waals surface area contributed by atoms with Crippen molar-refractivity contribution in [1.29, 1.82) is 0 Å². The van der Waals surface area contributed by atoms with Crippen LogP contribution in [0.3, 0.4) is 0 Å². The fourth-order valence-corrected chi connectivity index (χ4v) is 11.6. The number of cyclic esters (lactones) is 1. The smallest absolute Gasteiger partial charge is 0.311 e. The number of hydrogen-bond donors (Lipinski definition) is 4. The predicted molar refractivity (Wildman–Crippen MR) is 264 cm³/mol. The van der Waals surface area contributed by atoms with Crippen LogP contribution in [-0.2, 0) is 46.2 Å². The Balaban J connectivity index is 1.35. The average molecular weight is 1010 g/mol. The monoisotopic (exact) mass is 1010 g/mol. The molecule has 3 fully saturated rings. The summed E-state index contributed by atoms with van der Waals surface area (Å²) in [4.78, 5) is 30.2. The van der Waals surface area contributed by atoms with Crippen LogP contribution in [0.4, 0.5) is 5.69 Å². The SMILES string of the molecule is CC[C@H]1OC(=O)[C@H](C)[C@@H](O[C@H]2C[C@@](C)(OC)[C@@H](O)[C@H](C)O2)[C@H](C)[C@@H](O[C@H]2C[C@@H](N(C)CCc3cn(CCCSc4ccc([N+](=O)[O-])cc4)nn3)C[C@@H](C)O2)[C@](C)(O)C[C@@H](C)CN(C)[C@H](C)[C@@H](O)[C@]1(C)O. The molecule has 4 N–H and O–H groups in total. The molecule has 3 saturated heterocycles. The number of nitro benzene ring substituents is 1. The summed E-state index contributed by atoms with van der Waals surface area (Å²) in [6.45, 7) is 19.8. The lowest BCUT2D eigenvalue weighted by atomic mass is 9.77. The predicted octanol–water partition coefficient (Wildman–Crippen LogP) is 5.22. The van der Waals surface area contributed by atoms with Gasteiger partial charge in [0.15, 0.2) is 12.6 Å². The van der Waals surface area contributed by atoms with Crippen molar-refractivity contribution in [3.8, 4) is 0 Å². The van der Waals surface area contributed by atoms with Gasteiger partial charge in [-0.05, 0) is 112 Å². The van der Waals surface area contributed by atoms with Crippen molar-refractivity contribution in [2.45, 2.75) is 210 Å². The second kappa shape index (κ2) is 24.9. The van der Waals surface area contributed by atoms with Gasteiger partial charge in [0.05, 0.1) is 52.2 Å². The Bertz CT molecular complexity index is 1960. The number of nitrogens with zero attached hydrogens (tertiary/aromatic N) is 6. The minimum absolute atomic E-state index is 0.0539. The van der Waals surface area contributed by atoms with E-state index in [9.17, 15) is 35.3 Å². The van der Waals surface area contributed by atoms with Crippen molar-refractivity contribution >= 4 is 23.4 Å². The second-order valence-electron chi connectivity index (χ2n) is 21.3. The van der Waals surface area contributed by atoms with E-state index in [0.29, 0.717) is 32.5 Å². The van der Waals surface area contributed by atoms with Gasteiger partial charge in [0.1, 0.15) is 23.9 Å². The zero-order valence-corrected chi connectivity index (χ0v) is 44.6. The molecule has 0 radical (unpaired) electrons. The first kappa shape index (κ1) is 58.0. The summed E-state index contributed by atoms with van der Waals surface area (Å²) < 4.78 is 40.5. The van der Waals surface area contributed by atoms with E-state index in [1.807, 2.05) is 50.5 Å². The summed E-state index contributed by atoms with van der Waals surface area (Å²) in [7, 11) is 5.46. The summed E-state index contributed by atoms with van der Waals surface area (Å²) in [5.74, 6) is -1.66. The Morgan fingerprint density at radius 1 is 0.986 bits per heavy atom. The summed E-state index contributed by atoms with van der Waals surface area (Å²) in [6.07, 6.45) is -2.42. The number of methoxy groups -OCH3 is 1. The van der Waals surface area contributed by atoms with Gasteiger partial charge in [0.2, 0.25) is 0 Å². The Kier molecular flexibility index (Phi) is 20.7. The van der Waals surface area contributed by atoms with Crippen LogP contribution < -0.4 is 0 Å². The van der Waals surface area contributed by atoms with Crippen LogP contribution >= 0.6 is 11.8 Å². The minimum Gasteiger partial charge on any atom is -0.459 e. The van der Waals surface area contributed by atoms with Crippen molar-refractivity contribution in [2.24, 2.45) is 17.8 Å². The molecule has 70 heavy (non-hydrogen) atoms. The van der Waals surface area contributed by atoms with Crippen molar-refractivity contribution in [2.75, 3.05) is 40.0 Å². The molecule has 17 atom stereocenters. The molecule has 2 aromatic rings. The molecule has 20 heteroatoms. The first-order valence-corrected chi connectivity index (χ1v) is 26.1. The van der Waals surface area contributed by atoms with Crippen LogP contribution in [0.2, 0.25) is 0 Å². The van der Waals surface area contributed by atoms with Crippen LogP contribution in [0.1, 0.15) is 113 Å². The molecule has 0 aliphatic carbocycles. The number of aliphatic hydroxyl groups excluding tert-OH is 2. The minimum atomic E-state index is -1.81. The number of non-ortho nitro benzene ring substituents is 1. The van der Waals surface area contributed by atoms with Crippen molar-refractivity contribution in [3.05, 3.63) is 46.3 Å². The normalized spacial score (nSPS) is 38.7. The van der Waals surface area contributed by atoms with Crippen molar-refractivity contribution < 1.29 is 58.6 Å². The topological polar surface area (TPSA) is 234 Å². The highest BCUT2D eigenvalue weighted by atomic mass is 32.2. The van der Waals surface area contributed by atoms with Crippen LogP contribution in [0.5, 0.6) is 0 Å². The summed E-state index contributed by atoms with van der Waals surface area (Å²) in [5.41, 5.74) is -3.40. The number of ether oxygens (including phenoxy) is 6. The third-order valence-corrected chi connectivity index (χ3v) is 16.3. The number of hydrogen-bond acceptors (Lipinski definition) is 18. The number of carbonyl (C=O) groups is 1. The lowest BCUT2D eigenvalue weighted by molar-refractivity contribution is -0.384. The van der Waals surface area contributed by atoms with E-state index < -0.39 is 94.8 Å². The van der Waals surface area contributed by atoms with E-state index in [1.54, 1.807) is 58.5 Å². The number of thioether (sulfide) groups is 1. The largest absolute Gasteiger partial charge is 0.459 e. The first-order chi connectivity index (χ1) is 32.8. The zero-order valence-electron chi connectivity index (χ0n) is 43.8. The highest BCUT2D eigenvalue weighted by Gasteiger charge is 2.52. The van der Waals surface area contributed by atoms with Gasteiger partial charge in [0, 0.05) is 87.2 Å². The van der Waals surface area contributed by atoms with E-state index in [1.165, 1.54) is 26.2 Å². The number of nitro groups is 1. The number of esters is 1. The van der Waals surface area contributed by atoms with E-state index in [0.717, 1.165) is 29.2 Å². The molecule has 0 saturated carbocycles. The first-order valence-electron chi connectivity index (χ1n) is 25.1. The Labute approximate surface area is 419 Å². The molecule has 5 rings (SSSR count). The molecule has 1 aromatic heterocycles.